The molecule has 8 aromatic rings. The number of imidazole rings is 1. The van der Waals surface area contributed by atoms with Crippen molar-refractivity contribution < 1.29 is 4.42 Å². The third kappa shape index (κ3) is 3.10. The van der Waals surface area contributed by atoms with Gasteiger partial charge in [-0.2, -0.15) is 0 Å². The van der Waals surface area contributed by atoms with Crippen LogP contribution in [-0.2, 0) is 0 Å². The van der Waals surface area contributed by atoms with Gasteiger partial charge in [0.25, 0.3) is 0 Å². The first-order valence-corrected chi connectivity index (χ1v) is 12.7. The predicted molar refractivity (Wildman–Crippen MR) is 154 cm³/mol. The number of pyridine rings is 2. The number of nitrogens with zero attached hydrogens (tertiary/aromatic N) is 3. The average Bonchev–Trinajstić information content (AvgIpc) is 3.57. The highest BCUT2D eigenvalue weighted by Gasteiger charge is 2.18. The molecule has 178 valence electrons. The summed E-state index contributed by atoms with van der Waals surface area (Å²) >= 11 is 0. The van der Waals surface area contributed by atoms with Gasteiger partial charge < -0.3 is 4.42 Å². The van der Waals surface area contributed by atoms with E-state index in [1.54, 1.807) is 0 Å². The van der Waals surface area contributed by atoms with Crippen LogP contribution in [0.2, 0.25) is 0 Å². The van der Waals surface area contributed by atoms with Gasteiger partial charge in [-0.15, -0.1) is 0 Å². The normalized spacial score (nSPS) is 11.7. The number of rotatable bonds is 3. The highest BCUT2D eigenvalue weighted by atomic mass is 16.3. The second-order valence-electron chi connectivity index (χ2n) is 9.48. The van der Waals surface area contributed by atoms with Crippen molar-refractivity contribution in [1.29, 1.82) is 0 Å². The van der Waals surface area contributed by atoms with Gasteiger partial charge >= 0.3 is 0 Å². The molecule has 0 fully saturated rings. The van der Waals surface area contributed by atoms with Crippen molar-refractivity contribution in [2.75, 3.05) is 0 Å². The molecule has 8 rings (SSSR count). The van der Waals surface area contributed by atoms with E-state index in [0.29, 0.717) is 0 Å². The molecule has 4 aromatic heterocycles. The molecule has 4 heteroatoms. The van der Waals surface area contributed by atoms with Gasteiger partial charge in [0.05, 0.1) is 11.2 Å². The molecule has 0 saturated heterocycles. The maximum atomic E-state index is 6.34. The van der Waals surface area contributed by atoms with E-state index in [1.165, 1.54) is 0 Å². The molecule has 0 aliphatic heterocycles. The van der Waals surface area contributed by atoms with Crippen LogP contribution in [0.3, 0.4) is 0 Å². The van der Waals surface area contributed by atoms with Gasteiger partial charge in [-0.1, -0.05) is 84.9 Å². The Hall–Kier alpha value is -5.22. The first kappa shape index (κ1) is 20.9. The lowest BCUT2D eigenvalue weighted by Crippen LogP contribution is -1.94. The summed E-state index contributed by atoms with van der Waals surface area (Å²) in [4.78, 5) is 9.97. The molecule has 0 saturated carbocycles. The third-order valence-electron chi connectivity index (χ3n) is 7.25. The number of fused-ring (bicyclic) bond motifs is 6. The zero-order chi connectivity index (χ0) is 25.1. The predicted octanol–water partition coefficient (Wildman–Crippen LogP) is 8.78. The van der Waals surface area contributed by atoms with Crippen molar-refractivity contribution >= 4 is 38.5 Å². The fourth-order valence-electron chi connectivity index (χ4n) is 5.50. The highest BCUT2D eigenvalue weighted by Crippen LogP contribution is 2.38. The number of aromatic nitrogens is 3. The highest BCUT2D eigenvalue weighted by molar-refractivity contribution is 6.09. The Morgan fingerprint density at radius 2 is 1.39 bits per heavy atom. The van der Waals surface area contributed by atoms with Gasteiger partial charge in [-0.25, -0.2) is 9.97 Å². The fraction of sp³-hybridized carbons (Fsp3) is 0. The Labute approximate surface area is 218 Å². The van der Waals surface area contributed by atoms with E-state index < -0.39 is 0 Å². The molecule has 0 unspecified atom stereocenters. The van der Waals surface area contributed by atoms with E-state index in [1.807, 2.05) is 42.6 Å². The van der Waals surface area contributed by atoms with Crippen LogP contribution in [0.15, 0.2) is 132 Å². The minimum absolute atomic E-state index is 0.863. The standard InChI is InChI=1S/C34H21N3O/c1-2-9-22(10-3-1)31-29-19-18-23-13-8-20-35-33(23)37(29)34(36-31)25-12-6-11-24(21-25)26-15-7-16-28-27-14-4-5-17-30(27)38-32(26)28/h1-21H. The fourth-order valence-corrected chi connectivity index (χ4v) is 5.50. The monoisotopic (exact) mass is 487 g/mol. The number of benzene rings is 4. The lowest BCUT2D eigenvalue weighted by Gasteiger charge is -2.08. The van der Waals surface area contributed by atoms with Crippen LogP contribution in [0.5, 0.6) is 0 Å². The van der Waals surface area contributed by atoms with Crippen LogP contribution in [-0.4, -0.2) is 14.4 Å². The average molecular weight is 488 g/mol. The van der Waals surface area contributed by atoms with Gasteiger partial charge in [0, 0.05) is 39.0 Å². The molecule has 0 amide bonds. The summed E-state index contributed by atoms with van der Waals surface area (Å²) in [5.74, 6) is 0.863. The minimum Gasteiger partial charge on any atom is -0.455 e. The van der Waals surface area contributed by atoms with Crippen LogP contribution < -0.4 is 0 Å². The van der Waals surface area contributed by atoms with Gasteiger partial charge in [0.1, 0.15) is 22.6 Å². The van der Waals surface area contributed by atoms with Crippen molar-refractivity contribution in [1.82, 2.24) is 14.4 Å². The van der Waals surface area contributed by atoms with E-state index >= 15 is 0 Å². The van der Waals surface area contributed by atoms with Crippen LogP contribution >= 0.6 is 0 Å². The number of hydrogen-bond donors (Lipinski definition) is 0. The summed E-state index contributed by atoms with van der Waals surface area (Å²) in [6.07, 6.45) is 1.84. The van der Waals surface area contributed by atoms with Gasteiger partial charge in [0.2, 0.25) is 0 Å². The van der Waals surface area contributed by atoms with Gasteiger partial charge in [-0.3, -0.25) is 4.40 Å². The summed E-state index contributed by atoms with van der Waals surface area (Å²) in [6, 6.07) is 41.8. The van der Waals surface area contributed by atoms with E-state index in [9.17, 15) is 0 Å². The first-order valence-electron chi connectivity index (χ1n) is 12.7. The maximum Gasteiger partial charge on any atom is 0.146 e. The van der Waals surface area contributed by atoms with Crippen molar-refractivity contribution in [3.63, 3.8) is 0 Å². The molecule has 4 aromatic carbocycles. The molecule has 0 radical (unpaired) electrons. The number of furan rings is 1. The number of para-hydroxylation sites is 2. The quantitative estimate of drug-likeness (QED) is 0.250. The molecule has 0 N–H and O–H groups in total. The lowest BCUT2D eigenvalue weighted by atomic mass is 10.0. The largest absolute Gasteiger partial charge is 0.455 e. The summed E-state index contributed by atoms with van der Waals surface area (Å²) in [6.45, 7) is 0. The third-order valence-corrected chi connectivity index (χ3v) is 7.25. The van der Waals surface area contributed by atoms with E-state index in [4.69, 9.17) is 14.4 Å². The molecule has 4 nitrogen and oxygen atoms in total. The van der Waals surface area contributed by atoms with Crippen LogP contribution in [0.25, 0.3) is 72.3 Å². The Morgan fingerprint density at radius 1 is 0.605 bits per heavy atom. The zero-order valence-corrected chi connectivity index (χ0v) is 20.4. The second kappa shape index (κ2) is 8.15. The maximum absolute atomic E-state index is 6.34. The van der Waals surface area contributed by atoms with Crippen LogP contribution in [0.1, 0.15) is 0 Å². The molecule has 0 spiro atoms. The second-order valence-corrected chi connectivity index (χ2v) is 9.48. The summed E-state index contributed by atoms with van der Waals surface area (Å²) < 4.78 is 8.52. The van der Waals surface area contributed by atoms with Crippen molar-refractivity contribution in [2.24, 2.45) is 0 Å². The number of hydrogen-bond acceptors (Lipinski definition) is 3. The zero-order valence-electron chi connectivity index (χ0n) is 20.4. The topological polar surface area (TPSA) is 43.3 Å². The van der Waals surface area contributed by atoms with E-state index in [2.05, 4.69) is 89.3 Å². The van der Waals surface area contributed by atoms with Crippen molar-refractivity contribution in [3.8, 4) is 33.8 Å². The molecular formula is C34H21N3O. The van der Waals surface area contributed by atoms with Gasteiger partial charge in [0.15, 0.2) is 0 Å². The van der Waals surface area contributed by atoms with E-state index in [0.717, 1.165) is 72.3 Å². The summed E-state index contributed by atoms with van der Waals surface area (Å²) in [5.41, 5.74) is 8.90. The van der Waals surface area contributed by atoms with Crippen molar-refractivity contribution in [2.45, 2.75) is 0 Å². The summed E-state index contributed by atoms with van der Waals surface area (Å²) in [5, 5.41) is 3.32. The molecule has 4 heterocycles. The molecular weight excluding hydrogens is 466 g/mol. The lowest BCUT2D eigenvalue weighted by molar-refractivity contribution is 0.670. The van der Waals surface area contributed by atoms with Crippen LogP contribution in [0, 0.1) is 0 Å². The van der Waals surface area contributed by atoms with Crippen LogP contribution in [0.4, 0.5) is 0 Å². The Kier molecular flexibility index (Phi) is 4.49. The Morgan fingerprint density at radius 3 is 2.34 bits per heavy atom. The minimum atomic E-state index is 0.863. The molecule has 0 bridgehead atoms. The van der Waals surface area contributed by atoms with Crippen molar-refractivity contribution in [3.05, 3.63) is 128 Å². The molecule has 38 heavy (non-hydrogen) atoms. The molecule has 0 atom stereocenters. The van der Waals surface area contributed by atoms with E-state index in [-0.39, 0.29) is 0 Å². The molecule has 0 aliphatic carbocycles. The summed E-state index contributed by atoms with van der Waals surface area (Å²) in [7, 11) is 0. The SMILES string of the molecule is c1ccc(-c2nc(-c3cccc(-c4cccc5c4oc4ccccc45)c3)n3c2ccc2cccnc23)cc1. The van der Waals surface area contributed by atoms with Gasteiger partial charge in [-0.05, 0) is 42.0 Å². The Balaban J connectivity index is 1.39. The first-order chi connectivity index (χ1) is 18.8. The molecule has 0 aliphatic rings. The smallest absolute Gasteiger partial charge is 0.146 e. The Bertz CT molecular complexity index is 2140.